The van der Waals surface area contributed by atoms with Gasteiger partial charge in [-0.25, -0.2) is 0 Å². The molecule has 2 saturated heterocycles. The summed E-state index contributed by atoms with van der Waals surface area (Å²) in [5, 5.41) is 8.08. The molecule has 3 rings (SSSR count). The van der Waals surface area contributed by atoms with Crippen LogP contribution in [0.5, 0.6) is 0 Å². The molecule has 1 aromatic heterocycles. The topological polar surface area (TPSA) is 62.5 Å². The average molecular weight is 306 g/mol. The van der Waals surface area contributed by atoms with Gasteiger partial charge in [-0.3, -0.25) is 9.69 Å². The Labute approximate surface area is 131 Å². The summed E-state index contributed by atoms with van der Waals surface area (Å²) in [4.78, 5) is 16.9. The van der Waals surface area contributed by atoms with Crippen LogP contribution in [0.15, 0.2) is 4.42 Å². The van der Waals surface area contributed by atoms with E-state index < -0.39 is 0 Å². The highest BCUT2D eigenvalue weighted by molar-refractivity contribution is 5.79. The van der Waals surface area contributed by atoms with E-state index >= 15 is 0 Å². The van der Waals surface area contributed by atoms with Crippen molar-refractivity contribution >= 4 is 5.91 Å². The van der Waals surface area contributed by atoms with Gasteiger partial charge in [-0.05, 0) is 45.2 Å². The summed E-state index contributed by atoms with van der Waals surface area (Å²) in [6, 6.07) is 0. The molecule has 2 fully saturated rings. The molecule has 0 saturated carbocycles. The molecule has 0 unspecified atom stereocenters. The minimum Gasteiger partial charge on any atom is -0.424 e. The molecule has 1 aromatic rings. The quantitative estimate of drug-likeness (QED) is 0.849. The van der Waals surface area contributed by atoms with Gasteiger partial charge in [-0.15, -0.1) is 10.2 Å². The highest BCUT2D eigenvalue weighted by Crippen LogP contribution is 2.22. The third-order valence-electron chi connectivity index (χ3n) is 4.77. The van der Waals surface area contributed by atoms with Gasteiger partial charge in [0, 0.05) is 25.4 Å². The lowest BCUT2D eigenvalue weighted by molar-refractivity contribution is -0.138. The molecule has 2 aliphatic heterocycles. The van der Waals surface area contributed by atoms with E-state index in [4.69, 9.17) is 4.42 Å². The minimum absolute atomic E-state index is 0.211. The SMILES string of the molecule is CCc1nnc(CN2CCC(C(=O)N3CCCCC3)CC2)o1. The Morgan fingerprint density at radius 3 is 2.41 bits per heavy atom. The summed E-state index contributed by atoms with van der Waals surface area (Å²) in [6.07, 6.45) is 6.28. The predicted molar refractivity (Wildman–Crippen MR) is 82.1 cm³/mol. The van der Waals surface area contributed by atoms with Gasteiger partial charge in [0.1, 0.15) is 0 Å². The first-order chi connectivity index (χ1) is 10.8. The second kappa shape index (κ2) is 7.22. The van der Waals surface area contributed by atoms with Gasteiger partial charge in [0.2, 0.25) is 17.7 Å². The fourth-order valence-electron chi connectivity index (χ4n) is 3.40. The van der Waals surface area contributed by atoms with Crippen LogP contribution < -0.4 is 0 Å². The number of aryl methyl sites for hydroxylation is 1. The number of nitrogens with zero attached hydrogens (tertiary/aromatic N) is 4. The lowest BCUT2D eigenvalue weighted by atomic mass is 9.94. The van der Waals surface area contributed by atoms with Crippen molar-refractivity contribution in [3.8, 4) is 0 Å². The Hall–Kier alpha value is -1.43. The van der Waals surface area contributed by atoms with Gasteiger partial charge >= 0.3 is 0 Å². The lowest BCUT2D eigenvalue weighted by Crippen LogP contribution is -2.44. The number of likely N-dealkylation sites (tertiary alicyclic amines) is 2. The van der Waals surface area contributed by atoms with Crippen LogP contribution in [0, 0.1) is 5.92 Å². The fraction of sp³-hybridized carbons (Fsp3) is 0.812. The lowest BCUT2D eigenvalue weighted by Gasteiger charge is -2.35. The zero-order valence-electron chi connectivity index (χ0n) is 13.5. The van der Waals surface area contributed by atoms with Gasteiger partial charge in [-0.1, -0.05) is 6.92 Å². The van der Waals surface area contributed by atoms with Crippen molar-refractivity contribution in [1.82, 2.24) is 20.0 Å². The fourth-order valence-corrected chi connectivity index (χ4v) is 3.40. The van der Waals surface area contributed by atoms with Crippen LogP contribution >= 0.6 is 0 Å². The number of hydrogen-bond acceptors (Lipinski definition) is 5. The Kier molecular flexibility index (Phi) is 5.08. The Morgan fingerprint density at radius 1 is 1.09 bits per heavy atom. The summed E-state index contributed by atoms with van der Waals surface area (Å²) < 4.78 is 5.57. The van der Waals surface area contributed by atoms with Crippen molar-refractivity contribution in [3.05, 3.63) is 11.8 Å². The zero-order chi connectivity index (χ0) is 15.4. The maximum atomic E-state index is 12.5. The monoisotopic (exact) mass is 306 g/mol. The standard InChI is InChI=1S/C16H26N4O2/c1-2-14-17-18-15(22-14)12-19-10-6-13(7-11-19)16(21)20-8-4-3-5-9-20/h13H,2-12H2,1H3. The van der Waals surface area contributed by atoms with E-state index in [1.807, 2.05) is 6.92 Å². The minimum atomic E-state index is 0.211. The molecule has 0 N–H and O–H groups in total. The smallest absolute Gasteiger partial charge is 0.230 e. The van der Waals surface area contributed by atoms with E-state index in [0.29, 0.717) is 24.2 Å². The van der Waals surface area contributed by atoms with Gasteiger partial charge in [0.05, 0.1) is 6.54 Å². The molecule has 22 heavy (non-hydrogen) atoms. The van der Waals surface area contributed by atoms with Crippen LogP contribution in [0.25, 0.3) is 0 Å². The van der Waals surface area contributed by atoms with Gasteiger partial charge in [-0.2, -0.15) is 0 Å². The Balaban J connectivity index is 1.46. The van der Waals surface area contributed by atoms with Crippen LogP contribution in [0.2, 0.25) is 0 Å². The second-order valence-corrected chi connectivity index (χ2v) is 6.38. The van der Waals surface area contributed by atoms with Crippen LogP contribution in [0.3, 0.4) is 0 Å². The van der Waals surface area contributed by atoms with Crippen molar-refractivity contribution in [3.63, 3.8) is 0 Å². The van der Waals surface area contributed by atoms with Crippen LogP contribution in [-0.2, 0) is 17.8 Å². The first kappa shape index (κ1) is 15.5. The Bertz CT molecular complexity index is 488. The van der Waals surface area contributed by atoms with E-state index in [1.165, 1.54) is 19.3 Å². The van der Waals surface area contributed by atoms with E-state index in [9.17, 15) is 4.79 Å². The molecule has 0 bridgehead atoms. The number of piperidine rings is 2. The number of carbonyl (C=O) groups is 1. The molecule has 1 amide bonds. The van der Waals surface area contributed by atoms with E-state index in [-0.39, 0.29) is 5.92 Å². The molecule has 122 valence electrons. The molecule has 0 aliphatic carbocycles. The molecular weight excluding hydrogens is 280 g/mol. The molecule has 0 atom stereocenters. The van der Waals surface area contributed by atoms with E-state index in [1.54, 1.807) is 0 Å². The van der Waals surface area contributed by atoms with Crippen molar-refractivity contribution in [2.24, 2.45) is 5.92 Å². The first-order valence-corrected chi connectivity index (χ1v) is 8.58. The third-order valence-corrected chi connectivity index (χ3v) is 4.77. The number of carbonyl (C=O) groups excluding carboxylic acids is 1. The molecule has 6 nitrogen and oxygen atoms in total. The number of hydrogen-bond donors (Lipinski definition) is 0. The highest BCUT2D eigenvalue weighted by Gasteiger charge is 2.29. The molecule has 6 heteroatoms. The summed E-state index contributed by atoms with van der Waals surface area (Å²) >= 11 is 0. The molecule has 0 aromatic carbocycles. The second-order valence-electron chi connectivity index (χ2n) is 6.38. The Morgan fingerprint density at radius 2 is 1.77 bits per heavy atom. The van der Waals surface area contributed by atoms with Crippen molar-refractivity contribution in [2.75, 3.05) is 26.2 Å². The normalized spacial score (nSPS) is 21.2. The summed E-state index contributed by atoms with van der Waals surface area (Å²) in [5.74, 6) is 1.98. The van der Waals surface area contributed by atoms with Crippen molar-refractivity contribution in [2.45, 2.75) is 52.0 Å². The van der Waals surface area contributed by atoms with Crippen LogP contribution in [0.4, 0.5) is 0 Å². The van der Waals surface area contributed by atoms with Gasteiger partial charge < -0.3 is 9.32 Å². The average Bonchev–Trinajstić information content (AvgIpc) is 3.03. The third kappa shape index (κ3) is 3.66. The van der Waals surface area contributed by atoms with Crippen molar-refractivity contribution in [1.29, 1.82) is 0 Å². The summed E-state index contributed by atoms with van der Waals surface area (Å²) in [7, 11) is 0. The van der Waals surface area contributed by atoms with Crippen LogP contribution in [-0.4, -0.2) is 52.1 Å². The summed E-state index contributed by atoms with van der Waals surface area (Å²) in [6.45, 7) is 6.51. The molecule has 3 heterocycles. The number of amides is 1. The largest absolute Gasteiger partial charge is 0.424 e. The van der Waals surface area contributed by atoms with Crippen molar-refractivity contribution < 1.29 is 9.21 Å². The highest BCUT2D eigenvalue weighted by atomic mass is 16.4. The molecule has 0 radical (unpaired) electrons. The number of rotatable bonds is 4. The maximum absolute atomic E-state index is 12.5. The molecule has 2 aliphatic rings. The first-order valence-electron chi connectivity index (χ1n) is 8.58. The van der Waals surface area contributed by atoms with E-state index in [2.05, 4.69) is 20.0 Å². The predicted octanol–water partition coefficient (Wildman–Crippen LogP) is 1.86. The van der Waals surface area contributed by atoms with Gasteiger partial charge in [0.25, 0.3) is 0 Å². The molecule has 0 spiro atoms. The van der Waals surface area contributed by atoms with Crippen LogP contribution in [0.1, 0.15) is 50.8 Å². The van der Waals surface area contributed by atoms with E-state index in [0.717, 1.165) is 45.4 Å². The van der Waals surface area contributed by atoms with Gasteiger partial charge in [0.15, 0.2) is 0 Å². The number of aromatic nitrogens is 2. The maximum Gasteiger partial charge on any atom is 0.230 e. The zero-order valence-corrected chi connectivity index (χ0v) is 13.5. The summed E-state index contributed by atoms with van der Waals surface area (Å²) in [5.41, 5.74) is 0. The molecular formula is C16H26N4O2.